The molecule has 0 radical (unpaired) electrons. The zero-order valence-electron chi connectivity index (χ0n) is 8.92. The molecular formula is C13H9NOS2. The molecule has 0 N–H and O–H groups in total. The van der Waals surface area contributed by atoms with Crippen molar-refractivity contribution < 1.29 is 4.79 Å². The van der Waals surface area contributed by atoms with Crippen LogP contribution in [-0.2, 0) is 6.42 Å². The summed E-state index contributed by atoms with van der Waals surface area (Å²) in [4.78, 5) is 16.9. The van der Waals surface area contributed by atoms with E-state index in [9.17, 15) is 4.79 Å². The number of pyridine rings is 1. The van der Waals surface area contributed by atoms with Crippen LogP contribution in [0.1, 0.15) is 15.2 Å². The molecule has 0 saturated heterocycles. The number of nitrogens with zero attached hydrogens (tertiary/aromatic N) is 1. The van der Waals surface area contributed by atoms with Crippen LogP contribution in [0, 0.1) is 0 Å². The molecule has 0 amide bonds. The minimum absolute atomic E-state index is 0.185. The molecule has 84 valence electrons. The highest BCUT2D eigenvalue weighted by molar-refractivity contribution is 7.27. The van der Waals surface area contributed by atoms with Crippen LogP contribution >= 0.6 is 22.7 Å². The van der Waals surface area contributed by atoms with Gasteiger partial charge in [0.2, 0.25) is 0 Å². The predicted octanol–water partition coefficient (Wildman–Crippen LogP) is 3.78. The highest BCUT2D eigenvalue weighted by Gasteiger charge is 2.11. The van der Waals surface area contributed by atoms with E-state index >= 15 is 0 Å². The number of carbonyl (C=O) groups excluding carboxylic acids is 1. The molecule has 0 aliphatic heterocycles. The van der Waals surface area contributed by atoms with Gasteiger partial charge in [0.15, 0.2) is 5.78 Å². The van der Waals surface area contributed by atoms with Crippen LogP contribution in [0.4, 0.5) is 0 Å². The third-order valence-electron chi connectivity index (χ3n) is 2.53. The Kier molecular flexibility index (Phi) is 2.74. The highest BCUT2D eigenvalue weighted by Crippen LogP contribution is 2.30. The largest absolute Gasteiger partial charge is 0.293 e. The van der Waals surface area contributed by atoms with E-state index in [0.29, 0.717) is 6.42 Å². The Bertz CT molecular complexity index is 626. The molecule has 3 heterocycles. The Hall–Kier alpha value is -1.52. The second-order valence-electron chi connectivity index (χ2n) is 3.72. The first kappa shape index (κ1) is 10.6. The van der Waals surface area contributed by atoms with E-state index in [4.69, 9.17) is 0 Å². The van der Waals surface area contributed by atoms with Gasteiger partial charge in [-0.1, -0.05) is 0 Å². The van der Waals surface area contributed by atoms with E-state index in [1.807, 2.05) is 18.2 Å². The van der Waals surface area contributed by atoms with Gasteiger partial charge in [0, 0.05) is 28.2 Å². The van der Waals surface area contributed by atoms with Crippen molar-refractivity contribution >= 4 is 37.9 Å². The first-order valence-electron chi connectivity index (χ1n) is 5.22. The number of hydrogen-bond donors (Lipinski definition) is 0. The summed E-state index contributed by atoms with van der Waals surface area (Å²) < 4.78 is 2.40. The Balaban J connectivity index is 1.85. The number of Topliss-reactive ketones (excluding diaryl/α,β-unsaturated/α-hetero) is 1. The maximum absolute atomic E-state index is 12.1. The molecule has 0 aliphatic rings. The SMILES string of the molecule is O=C(Cc1ccncc1)c1cc2sccc2s1. The monoisotopic (exact) mass is 259 g/mol. The second-order valence-corrected chi connectivity index (χ2v) is 5.75. The van der Waals surface area contributed by atoms with Gasteiger partial charge in [-0.3, -0.25) is 9.78 Å². The lowest BCUT2D eigenvalue weighted by molar-refractivity contribution is 0.0997. The van der Waals surface area contributed by atoms with Crippen molar-refractivity contribution in [2.45, 2.75) is 6.42 Å². The van der Waals surface area contributed by atoms with E-state index in [0.717, 1.165) is 10.4 Å². The average Bonchev–Trinajstić information content (AvgIpc) is 2.90. The lowest BCUT2D eigenvalue weighted by Gasteiger charge is -1.97. The van der Waals surface area contributed by atoms with Crippen LogP contribution in [0.3, 0.4) is 0 Å². The summed E-state index contributed by atoms with van der Waals surface area (Å²) in [5.41, 5.74) is 1.02. The fourth-order valence-corrected chi connectivity index (χ4v) is 3.72. The van der Waals surface area contributed by atoms with Gasteiger partial charge < -0.3 is 0 Å². The van der Waals surface area contributed by atoms with Crippen molar-refractivity contribution in [2.24, 2.45) is 0 Å². The van der Waals surface area contributed by atoms with Gasteiger partial charge in [0.1, 0.15) is 0 Å². The predicted molar refractivity (Wildman–Crippen MR) is 72.0 cm³/mol. The number of thiophene rings is 2. The molecule has 0 aromatic carbocycles. The zero-order chi connectivity index (χ0) is 11.7. The minimum atomic E-state index is 0.185. The summed E-state index contributed by atoms with van der Waals surface area (Å²) in [7, 11) is 0. The van der Waals surface area contributed by atoms with E-state index in [1.165, 1.54) is 9.40 Å². The molecule has 4 heteroatoms. The van der Waals surface area contributed by atoms with Crippen LogP contribution in [-0.4, -0.2) is 10.8 Å². The molecule has 0 fully saturated rings. The first-order valence-corrected chi connectivity index (χ1v) is 6.92. The van der Waals surface area contributed by atoms with Gasteiger partial charge in [0.25, 0.3) is 0 Å². The maximum atomic E-state index is 12.1. The van der Waals surface area contributed by atoms with Crippen molar-refractivity contribution in [2.75, 3.05) is 0 Å². The molecule has 0 bridgehead atoms. The summed E-state index contributed by atoms with van der Waals surface area (Å²) >= 11 is 3.26. The Morgan fingerprint density at radius 3 is 2.76 bits per heavy atom. The quantitative estimate of drug-likeness (QED) is 0.670. The van der Waals surface area contributed by atoms with Gasteiger partial charge in [0.05, 0.1) is 4.88 Å². The summed E-state index contributed by atoms with van der Waals surface area (Å²) in [5.74, 6) is 0.185. The maximum Gasteiger partial charge on any atom is 0.177 e. The van der Waals surface area contributed by atoms with Gasteiger partial charge in [-0.15, -0.1) is 22.7 Å². The van der Waals surface area contributed by atoms with Gasteiger partial charge in [-0.2, -0.15) is 0 Å². The molecule has 2 nitrogen and oxygen atoms in total. The second kappa shape index (κ2) is 4.39. The molecule has 0 atom stereocenters. The van der Waals surface area contributed by atoms with Crippen LogP contribution in [0.2, 0.25) is 0 Å². The van der Waals surface area contributed by atoms with Crippen molar-refractivity contribution in [1.82, 2.24) is 4.98 Å². The molecule has 0 saturated carbocycles. The summed E-state index contributed by atoms with van der Waals surface area (Å²) in [5, 5.41) is 2.05. The average molecular weight is 259 g/mol. The van der Waals surface area contributed by atoms with E-state index in [2.05, 4.69) is 16.4 Å². The lowest BCUT2D eigenvalue weighted by Crippen LogP contribution is -2.00. The lowest BCUT2D eigenvalue weighted by atomic mass is 10.1. The molecule has 3 rings (SSSR count). The van der Waals surface area contributed by atoms with E-state index in [1.54, 1.807) is 35.1 Å². The third kappa shape index (κ3) is 2.14. The van der Waals surface area contributed by atoms with Crippen molar-refractivity contribution in [3.63, 3.8) is 0 Å². The number of carbonyl (C=O) groups is 1. The third-order valence-corrected chi connectivity index (χ3v) is 4.66. The number of rotatable bonds is 3. The Morgan fingerprint density at radius 2 is 2.00 bits per heavy atom. The smallest absolute Gasteiger partial charge is 0.177 e. The van der Waals surface area contributed by atoms with Crippen LogP contribution in [0.5, 0.6) is 0 Å². The molecule has 0 aliphatic carbocycles. The van der Waals surface area contributed by atoms with Gasteiger partial charge >= 0.3 is 0 Å². The molecule has 17 heavy (non-hydrogen) atoms. The topological polar surface area (TPSA) is 30.0 Å². The standard InChI is InChI=1S/C13H9NOS2/c15-10(7-9-1-4-14-5-2-9)12-8-13-11(17-12)3-6-16-13/h1-6,8H,7H2. The fourth-order valence-electron chi connectivity index (χ4n) is 1.68. The molecule has 0 unspecified atom stereocenters. The molecule has 3 aromatic rings. The summed E-state index contributed by atoms with van der Waals surface area (Å²) in [6.07, 6.45) is 3.89. The zero-order valence-corrected chi connectivity index (χ0v) is 10.6. The summed E-state index contributed by atoms with van der Waals surface area (Å²) in [6.45, 7) is 0. The Labute approximate surface area is 107 Å². The number of aromatic nitrogens is 1. The Morgan fingerprint density at radius 1 is 1.18 bits per heavy atom. The van der Waals surface area contributed by atoms with Gasteiger partial charge in [-0.05, 0) is 35.2 Å². The number of fused-ring (bicyclic) bond motifs is 1. The first-order chi connectivity index (χ1) is 8.33. The molecule has 3 aromatic heterocycles. The van der Waals surface area contributed by atoms with Crippen LogP contribution in [0.25, 0.3) is 9.40 Å². The van der Waals surface area contributed by atoms with Crippen molar-refractivity contribution in [1.29, 1.82) is 0 Å². The van der Waals surface area contributed by atoms with E-state index < -0.39 is 0 Å². The van der Waals surface area contributed by atoms with E-state index in [-0.39, 0.29) is 5.78 Å². The van der Waals surface area contributed by atoms with Crippen molar-refractivity contribution in [3.8, 4) is 0 Å². The van der Waals surface area contributed by atoms with Crippen LogP contribution < -0.4 is 0 Å². The number of hydrogen-bond acceptors (Lipinski definition) is 4. The van der Waals surface area contributed by atoms with Gasteiger partial charge in [-0.25, -0.2) is 0 Å². The highest BCUT2D eigenvalue weighted by atomic mass is 32.1. The molecule has 0 spiro atoms. The fraction of sp³-hybridized carbons (Fsp3) is 0.0769. The number of ketones is 1. The normalized spacial score (nSPS) is 10.8. The van der Waals surface area contributed by atoms with Crippen LogP contribution in [0.15, 0.2) is 42.0 Å². The summed E-state index contributed by atoms with van der Waals surface area (Å²) in [6, 6.07) is 7.82. The molecular weight excluding hydrogens is 250 g/mol. The minimum Gasteiger partial charge on any atom is -0.293 e. The van der Waals surface area contributed by atoms with Crippen molar-refractivity contribution in [3.05, 3.63) is 52.5 Å².